The number of anilines is 1. The molecule has 0 bridgehead atoms. The zero-order valence-corrected chi connectivity index (χ0v) is 10.4. The van der Waals surface area contributed by atoms with Crippen LogP contribution in [0.3, 0.4) is 0 Å². The van der Waals surface area contributed by atoms with Gasteiger partial charge in [-0.15, -0.1) is 11.3 Å². The van der Waals surface area contributed by atoms with Gasteiger partial charge in [0.1, 0.15) is 4.66 Å². The SMILES string of the molecule is Cc1nc(NS(=O)(=O)CBr)sc1C. The molecule has 0 unspecified atom stereocenters. The Balaban J connectivity index is 2.87. The summed E-state index contributed by atoms with van der Waals surface area (Å²) in [6, 6.07) is 0. The number of aromatic nitrogens is 1. The minimum atomic E-state index is -3.26. The molecule has 0 saturated carbocycles. The highest BCUT2D eigenvalue weighted by Gasteiger charge is 2.11. The van der Waals surface area contributed by atoms with Gasteiger partial charge in [-0.3, -0.25) is 4.72 Å². The van der Waals surface area contributed by atoms with E-state index in [-0.39, 0.29) is 4.66 Å². The van der Waals surface area contributed by atoms with Gasteiger partial charge in [0.2, 0.25) is 10.0 Å². The predicted octanol–water partition coefficient (Wildman–Crippen LogP) is 1.85. The zero-order valence-electron chi connectivity index (χ0n) is 7.17. The third kappa shape index (κ3) is 2.92. The van der Waals surface area contributed by atoms with Gasteiger partial charge in [-0.1, -0.05) is 15.9 Å². The highest BCUT2D eigenvalue weighted by Crippen LogP contribution is 2.22. The van der Waals surface area contributed by atoms with E-state index < -0.39 is 10.0 Å². The quantitative estimate of drug-likeness (QED) is 0.862. The van der Waals surface area contributed by atoms with Crippen molar-refractivity contribution in [3.8, 4) is 0 Å². The van der Waals surface area contributed by atoms with Crippen molar-refractivity contribution in [2.24, 2.45) is 0 Å². The summed E-state index contributed by atoms with van der Waals surface area (Å²) in [5.74, 6) is 0. The van der Waals surface area contributed by atoms with Gasteiger partial charge < -0.3 is 0 Å². The Morgan fingerprint density at radius 1 is 1.54 bits per heavy atom. The summed E-state index contributed by atoms with van der Waals surface area (Å²) in [5, 5.41) is 0.425. The third-order valence-electron chi connectivity index (χ3n) is 1.41. The normalized spacial score (nSPS) is 11.6. The summed E-state index contributed by atoms with van der Waals surface area (Å²) in [6.45, 7) is 3.75. The molecule has 1 N–H and O–H groups in total. The topological polar surface area (TPSA) is 59.1 Å². The fourth-order valence-corrected chi connectivity index (χ4v) is 2.60. The fourth-order valence-electron chi connectivity index (χ4n) is 0.677. The van der Waals surface area contributed by atoms with Gasteiger partial charge in [0.15, 0.2) is 5.13 Å². The molecule has 0 spiro atoms. The zero-order chi connectivity index (χ0) is 10.1. The average molecular weight is 285 g/mol. The average Bonchev–Trinajstić information content (AvgIpc) is 2.30. The minimum Gasteiger partial charge on any atom is -0.258 e. The van der Waals surface area contributed by atoms with Crippen LogP contribution in [0.15, 0.2) is 0 Å². The summed E-state index contributed by atoms with van der Waals surface area (Å²) >= 11 is 4.21. The second-order valence-electron chi connectivity index (χ2n) is 2.49. The predicted molar refractivity (Wildman–Crippen MR) is 57.9 cm³/mol. The number of rotatable bonds is 3. The van der Waals surface area contributed by atoms with Crippen molar-refractivity contribution < 1.29 is 8.42 Å². The summed E-state index contributed by atoms with van der Waals surface area (Å²) in [4.78, 5) is 5.07. The van der Waals surface area contributed by atoms with E-state index in [0.29, 0.717) is 5.13 Å². The van der Waals surface area contributed by atoms with Crippen LogP contribution in [-0.4, -0.2) is 18.1 Å². The molecule has 0 atom stereocenters. The lowest BCUT2D eigenvalue weighted by Gasteiger charge is -1.98. The van der Waals surface area contributed by atoms with Crippen molar-refractivity contribution in [3.63, 3.8) is 0 Å². The first-order valence-electron chi connectivity index (χ1n) is 3.45. The molecule has 0 radical (unpaired) electrons. The highest BCUT2D eigenvalue weighted by atomic mass is 79.9. The van der Waals surface area contributed by atoms with Crippen LogP contribution in [0, 0.1) is 13.8 Å². The number of sulfonamides is 1. The molecule has 0 aliphatic rings. The molecule has 1 rings (SSSR count). The van der Waals surface area contributed by atoms with Crippen LogP contribution < -0.4 is 4.72 Å². The van der Waals surface area contributed by atoms with Gasteiger partial charge in [-0.05, 0) is 13.8 Å². The molecule has 0 fully saturated rings. The van der Waals surface area contributed by atoms with Crippen molar-refractivity contribution in [1.82, 2.24) is 4.98 Å². The Hall–Kier alpha value is -0.140. The molecule has 1 heterocycles. The van der Waals surface area contributed by atoms with Crippen LogP contribution in [0.5, 0.6) is 0 Å². The number of aryl methyl sites for hydroxylation is 2. The smallest absolute Gasteiger partial charge is 0.244 e. The van der Waals surface area contributed by atoms with Crippen molar-refractivity contribution in [2.75, 3.05) is 9.38 Å². The molecule has 0 saturated heterocycles. The molecule has 74 valence electrons. The summed E-state index contributed by atoms with van der Waals surface area (Å²) in [7, 11) is -3.26. The number of nitrogens with zero attached hydrogens (tertiary/aromatic N) is 1. The van der Waals surface area contributed by atoms with E-state index >= 15 is 0 Å². The van der Waals surface area contributed by atoms with E-state index in [1.165, 1.54) is 11.3 Å². The lowest BCUT2D eigenvalue weighted by molar-refractivity contribution is 0.606. The monoisotopic (exact) mass is 284 g/mol. The number of nitrogens with one attached hydrogen (secondary N) is 1. The second kappa shape index (κ2) is 3.93. The summed E-state index contributed by atoms with van der Waals surface area (Å²) in [5.41, 5.74) is 0.859. The molecule has 0 aliphatic carbocycles. The Morgan fingerprint density at radius 2 is 2.15 bits per heavy atom. The maximum atomic E-state index is 11.1. The molecule has 4 nitrogen and oxygen atoms in total. The number of alkyl halides is 1. The third-order valence-corrected chi connectivity index (χ3v) is 5.13. The lowest BCUT2D eigenvalue weighted by Crippen LogP contribution is -2.12. The summed E-state index contributed by atoms with van der Waals surface area (Å²) in [6.07, 6.45) is 0. The van der Waals surface area contributed by atoms with Gasteiger partial charge in [-0.2, -0.15) is 0 Å². The van der Waals surface area contributed by atoms with Gasteiger partial charge in [-0.25, -0.2) is 13.4 Å². The van der Waals surface area contributed by atoms with Gasteiger partial charge >= 0.3 is 0 Å². The molecular formula is C6H9BrN2O2S2. The Bertz CT molecular complexity index is 379. The number of hydrogen-bond acceptors (Lipinski definition) is 4. The number of hydrogen-bond donors (Lipinski definition) is 1. The molecule has 0 amide bonds. The number of thiazole rings is 1. The molecule has 0 aromatic carbocycles. The minimum absolute atomic E-state index is 0.113. The van der Waals surface area contributed by atoms with Crippen molar-refractivity contribution >= 4 is 42.4 Å². The maximum absolute atomic E-state index is 11.1. The van der Waals surface area contributed by atoms with E-state index in [2.05, 4.69) is 25.6 Å². The molecular weight excluding hydrogens is 276 g/mol. The van der Waals surface area contributed by atoms with Gasteiger partial charge in [0.25, 0.3) is 0 Å². The van der Waals surface area contributed by atoms with Crippen molar-refractivity contribution in [1.29, 1.82) is 0 Å². The van der Waals surface area contributed by atoms with Crippen LogP contribution in [0.4, 0.5) is 5.13 Å². The number of halogens is 1. The van der Waals surface area contributed by atoms with Crippen LogP contribution >= 0.6 is 27.3 Å². The molecule has 7 heteroatoms. The Kier molecular flexibility index (Phi) is 3.31. The maximum Gasteiger partial charge on any atom is 0.244 e. The Morgan fingerprint density at radius 3 is 2.54 bits per heavy atom. The van der Waals surface area contributed by atoms with Gasteiger partial charge in [0.05, 0.1) is 5.69 Å². The van der Waals surface area contributed by atoms with E-state index in [1.807, 2.05) is 13.8 Å². The summed E-state index contributed by atoms with van der Waals surface area (Å²) < 4.78 is 24.4. The Labute approximate surface area is 89.6 Å². The molecule has 13 heavy (non-hydrogen) atoms. The van der Waals surface area contributed by atoms with Crippen molar-refractivity contribution in [3.05, 3.63) is 10.6 Å². The van der Waals surface area contributed by atoms with Crippen LogP contribution in [-0.2, 0) is 10.0 Å². The van der Waals surface area contributed by atoms with E-state index in [1.54, 1.807) is 0 Å². The van der Waals surface area contributed by atoms with E-state index in [9.17, 15) is 8.42 Å². The first kappa shape index (κ1) is 10.9. The first-order valence-corrected chi connectivity index (χ1v) is 7.04. The lowest BCUT2D eigenvalue weighted by atomic mass is 10.4. The van der Waals surface area contributed by atoms with E-state index in [0.717, 1.165) is 10.6 Å². The fraction of sp³-hybridized carbons (Fsp3) is 0.500. The first-order chi connectivity index (χ1) is 5.94. The standard InChI is InChI=1S/C6H9BrN2O2S2/c1-4-5(2)12-6(8-4)9-13(10,11)3-7/h3H2,1-2H3,(H,8,9). The van der Waals surface area contributed by atoms with E-state index in [4.69, 9.17) is 0 Å². The highest BCUT2D eigenvalue weighted by molar-refractivity contribution is 9.10. The molecule has 1 aromatic heterocycles. The van der Waals surface area contributed by atoms with Crippen LogP contribution in [0.1, 0.15) is 10.6 Å². The molecule has 0 aliphatic heterocycles. The second-order valence-corrected chi connectivity index (χ2v) is 6.72. The van der Waals surface area contributed by atoms with Crippen LogP contribution in [0.2, 0.25) is 0 Å². The van der Waals surface area contributed by atoms with Crippen molar-refractivity contribution in [2.45, 2.75) is 13.8 Å². The van der Waals surface area contributed by atoms with Gasteiger partial charge in [0, 0.05) is 4.88 Å². The largest absolute Gasteiger partial charge is 0.258 e. The van der Waals surface area contributed by atoms with Crippen LogP contribution in [0.25, 0.3) is 0 Å². The molecule has 1 aromatic rings.